The molecule has 0 aliphatic heterocycles. The Hall–Kier alpha value is -2.61. The Labute approximate surface area is 146 Å². The summed E-state index contributed by atoms with van der Waals surface area (Å²) in [6.07, 6.45) is -2.81. The lowest BCUT2D eigenvalue weighted by atomic mass is 10.1. The van der Waals surface area contributed by atoms with E-state index in [-0.39, 0.29) is 21.4 Å². The molecule has 8 heteroatoms. The van der Waals surface area contributed by atoms with Crippen molar-refractivity contribution in [3.63, 3.8) is 0 Å². The number of para-hydroxylation sites is 2. The minimum absolute atomic E-state index is 0.0583. The van der Waals surface area contributed by atoms with E-state index >= 15 is 0 Å². The molecule has 0 bridgehead atoms. The summed E-state index contributed by atoms with van der Waals surface area (Å²) in [5.41, 5.74) is -0.0927. The minimum atomic E-state index is -2.81. The molecule has 0 saturated heterocycles. The first-order valence-electron chi connectivity index (χ1n) is 7.61. The summed E-state index contributed by atoms with van der Waals surface area (Å²) in [6, 6.07) is 8.23. The van der Waals surface area contributed by atoms with Gasteiger partial charge in [-0.15, -0.1) is 0 Å². The topological polar surface area (TPSA) is 59.9 Å². The number of fused-ring (bicyclic) bond motifs is 1. The van der Waals surface area contributed by atoms with Crippen molar-refractivity contribution in [2.24, 2.45) is 0 Å². The number of halogens is 2. The number of rotatable bonds is 4. The summed E-state index contributed by atoms with van der Waals surface area (Å²) >= 11 is 5.27. The van der Waals surface area contributed by atoms with E-state index in [9.17, 15) is 13.6 Å². The third kappa shape index (κ3) is 3.05. The molecule has 3 aromatic rings. The van der Waals surface area contributed by atoms with Crippen LogP contribution in [-0.4, -0.2) is 21.1 Å². The molecular formula is C17H15F2N3O2S. The fraction of sp³-hybridized carbons (Fsp3) is 0.235. The number of nitrogens with zero attached hydrogens (tertiary/aromatic N) is 2. The van der Waals surface area contributed by atoms with Crippen molar-refractivity contribution in [2.75, 3.05) is 6.61 Å². The van der Waals surface area contributed by atoms with Crippen molar-refractivity contribution in [1.82, 2.24) is 14.5 Å². The molecule has 2 heterocycles. The Balaban J connectivity index is 2.49. The smallest absolute Gasteiger partial charge is 0.264 e. The summed E-state index contributed by atoms with van der Waals surface area (Å²) in [7, 11) is 0. The zero-order valence-corrected chi connectivity index (χ0v) is 14.4. The summed E-state index contributed by atoms with van der Waals surface area (Å²) < 4.78 is 34.0. The van der Waals surface area contributed by atoms with Gasteiger partial charge in [0.25, 0.3) is 12.0 Å². The third-order valence-corrected chi connectivity index (χ3v) is 3.95. The van der Waals surface area contributed by atoms with Gasteiger partial charge in [-0.2, -0.15) is 0 Å². The second-order valence-electron chi connectivity index (χ2n) is 5.35. The van der Waals surface area contributed by atoms with Crippen LogP contribution in [0.15, 0.2) is 35.1 Å². The van der Waals surface area contributed by atoms with E-state index in [0.717, 1.165) is 0 Å². The van der Waals surface area contributed by atoms with Crippen LogP contribution in [0.1, 0.15) is 24.6 Å². The molecule has 0 aliphatic carbocycles. The molecule has 0 amide bonds. The average molecular weight is 363 g/mol. The molecule has 0 aliphatic rings. The van der Waals surface area contributed by atoms with E-state index in [4.69, 9.17) is 17.0 Å². The number of pyridine rings is 1. The van der Waals surface area contributed by atoms with Gasteiger partial charge in [0, 0.05) is 11.3 Å². The molecule has 0 radical (unpaired) electrons. The van der Waals surface area contributed by atoms with Crippen LogP contribution in [-0.2, 0) is 0 Å². The lowest BCUT2D eigenvalue weighted by Gasteiger charge is -2.16. The predicted molar refractivity (Wildman–Crippen MR) is 93.4 cm³/mol. The van der Waals surface area contributed by atoms with Crippen molar-refractivity contribution >= 4 is 23.3 Å². The molecule has 0 unspecified atom stereocenters. The Morgan fingerprint density at radius 3 is 2.76 bits per heavy atom. The zero-order valence-electron chi connectivity index (χ0n) is 13.5. The van der Waals surface area contributed by atoms with Gasteiger partial charge in [-0.1, -0.05) is 12.1 Å². The fourth-order valence-corrected chi connectivity index (χ4v) is 2.98. The third-order valence-electron chi connectivity index (χ3n) is 3.66. The lowest BCUT2D eigenvalue weighted by molar-refractivity contribution is 0.153. The van der Waals surface area contributed by atoms with Crippen molar-refractivity contribution in [3.8, 4) is 11.4 Å². The number of aryl methyl sites for hydroxylation is 1. The molecule has 0 saturated carbocycles. The number of aromatic nitrogens is 3. The first kappa shape index (κ1) is 17.2. The van der Waals surface area contributed by atoms with Crippen LogP contribution >= 0.6 is 12.2 Å². The molecule has 5 nitrogen and oxygen atoms in total. The molecule has 3 rings (SSSR count). The highest BCUT2D eigenvalue weighted by atomic mass is 32.1. The van der Waals surface area contributed by atoms with E-state index in [2.05, 4.69) is 9.97 Å². The zero-order chi connectivity index (χ0) is 18.1. The highest BCUT2D eigenvalue weighted by Gasteiger charge is 2.20. The number of nitrogens with one attached hydrogen (secondary N) is 1. The van der Waals surface area contributed by atoms with Gasteiger partial charge in [0.1, 0.15) is 5.75 Å². The molecule has 1 aromatic carbocycles. The summed E-state index contributed by atoms with van der Waals surface area (Å²) in [4.78, 5) is 19.1. The van der Waals surface area contributed by atoms with Crippen LogP contribution in [0.25, 0.3) is 16.7 Å². The molecule has 130 valence electrons. The predicted octanol–water partition coefficient (Wildman–Crippen LogP) is 4.09. The second-order valence-corrected chi connectivity index (χ2v) is 5.73. The summed E-state index contributed by atoms with van der Waals surface area (Å²) in [5.74, 6) is 0.511. The van der Waals surface area contributed by atoms with Crippen molar-refractivity contribution in [1.29, 1.82) is 0 Å². The first-order valence-corrected chi connectivity index (χ1v) is 8.01. The highest BCUT2D eigenvalue weighted by Crippen LogP contribution is 2.29. The molecule has 0 fully saturated rings. The fourth-order valence-electron chi connectivity index (χ4n) is 2.70. The SMILES string of the molecule is CCOc1ccccc1-n1c(=S)[nH]c(=O)c2c(C(F)F)cc(C)nc21. The van der Waals surface area contributed by atoms with Gasteiger partial charge in [-0.3, -0.25) is 14.3 Å². The van der Waals surface area contributed by atoms with Crippen LogP contribution < -0.4 is 10.3 Å². The standard InChI is InChI=1S/C17H15F2N3O2S/c1-3-24-12-7-5-4-6-11(12)22-15-13(16(23)21-17(22)25)10(14(18)19)8-9(2)20-15/h4-8,14H,3H2,1-2H3,(H,21,23,25). The number of H-pyrrole nitrogens is 1. The van der Waals surface area contributed by atoms with E-state index < -0.39 is 12.0 Å². The van der Waals surface area contributed by atoms with Crippen molar-refractivity contribution in [3.05, 3.63) is 56.7 Å². The molecule has 0 atom stereocenters. The van der Waals surface area contributed by atoms with Gasteiger partial charge < -0.3 is 4.74 Å². The number of hydrogen-bond donors (Lipinski definition) is 1. The van der Waals surface area contributed by atoms with Gasteiger partial charge in [0.2, 0.25) is 0 Å². The average Bonchev–Trinajstić information content (AvgIpc) is 2.55. The maximum absolute atomic E-state index is 13.5. The number of aromatic amines is 1. The van der Waals surface area contributed by atoms with Gasteiger partial charge >= 0.3 is 0 Å². The Bertz CT molecular complexity index is 1060. The lowest BCUT2D eigenvalue weighted by Crippen LogP contribution is -2.17. The van der Waals surface area contributed by atoms with Gasteiger partial charge in [0.15, 0.2) is 10.4 Å². The second kappa shape index (κ2) is 6.72. The van der Waals surface area contributed by atoms with Crippen molar-refractivity contribution < 1.29 is 13.5 Å². The molecule has 1 N–H and O–H groups in total. The Morgan fingerprint density at radius 1 is 1.36 bits per heavy atom. The minimum Gasteiger partial charge on any atom is -0.492 e. The van der Waals surface area contributed by atoms with Crippen molar-refractivity contribution in [2.45, 2.75) is 20.3 Å². The first-order chi connectivity index (χ1) is 11.9. The monoisotopic (exact) mass is 363 g/mol. The van der Waals surface area contributed by atoms with E-state index in [1.165, 1.54) is 10.6 Å². The van der Waals surface area contributed by atoms with E-state index in [0.29, 0.717) is 23.7 Å². The van der Waals surface area contributed by atoms with Crippen LogP contribution in [0.3, 0.4) is 0 Å². The highest BCUT2D eigenvalue weighted by molar-refractivity contribution is 7.71. The Morgan fingerprint density at radius 2 is 2.08 bits per heavy atom. The van der Waals surface area contributed by atoms with E-state index in [1.54, 1.807) is 31.2 Å². The largest absolute Gasteiger partial charge is 0.492 e. The Kier molecular flexibility index (Phi) is 4.63. The number of hydrogen-bond acceptors (Lipinski definition) is 4. The van der Waals surface area contributed by atoms with Crippen LogP contribution in [0, 0.1) is 11.7 Å². The van der Waals surface area contributed by atoms with Crippen LogP contribution in [0.4, 0.5) is 8.78 Å². The maximum atomic E-state index is 13.5. The molecular weight excluding hydrogens is 348 g/mol. The number of benzene rings is 1. The normalized spacial score (nSPS) is 11.2. The molecule has 2 aromatic heterocycles. The van der Waals surface area contributed by atoms with Gasteiger partial charge in [-0.25, -0.2) is 13.8 Å². The molecule has 25 heavy (non-hydrogen) atoms. The van der Waals surface area contributed by atoms with Crippen LogP contribution in [0.2, 0.25) is 0 Å². The number of alkyl halides is 2. The van der Waals surface area contributed by atoms with Gasteiger partial charge in [-0.05, 0) is 44.3 Å². The summed E-state index contributed by atoms with van der Waals surface area (Å²) in [5, 5.41) is -0.180. The number of ether oxygens (including phenoxy) is 1. The van der Waals surface area contributed by atoms with E-state index in [1.807, 2.05) is 6.92 Å². The summed E-state index contributed by atoms with van der Waals surface area (Å²) in [6.45, 7) is 3.84. The van der Waals surface area contributed by atoms with Crippen LogP contribution in [0.5, 0.6) is 5.75 Å². The quantitative estimate of drug-likeness (QED) is 0.710. The maximum Gasteiger partial charge on any atom is 0.264 e. The molecule has 0 spiro atoms. The van der Waals surface area contributed by atoms with Gasteiger partial charge in [0.05, 0.1) is 17.7 Å².